The molecule has 3 aromatic rings. The zero-order chi connectivity index (χ0) is 21.3. The lowest BCUT2D eigenvalue weighted by Crippen LogP contribution is -2.43. The van der Waals surface area contributed by atoms with E-state index < -0.39 is 10.0 Å². The highest BCUT2D eigenvalue weighted by Crippen LogP contribution is 2.28. The number of sulfonamides is 1. The minimum Gasteiger partial charge on any atom is -0.325 e. The Balaban J connectivity index is 1.54. The van der Waals surface area contributed by atoms with E-state index in [9.17, 15) is 13.2 Å². The third-order valence-electron chi connectivity index (χ3n) is 5.84. The van der Waals surface area contributed by atoms with Crippen molar-refractivity contribution in [3.8, 4) is 0 Å². The zero-order valence-electron chi connectivity index (χ0n) is 17.3. The van der Waals surface area contributed by atoms with E-state index in [0.717, 1.165) is 27.6 Å². The molecule has 1 aliphatic heterocycles. The first-order chi connectivity index (χ1) is 14.4. The van der Waals surface area contributed by atoms with Crippen LogP contribution >= 0.6 is 0 Å². The second kappa shape index (κ2) is 8.20. The van der Waals surface area contributed by atoms with Gasteiger partial charge in [-0.25, -0.2) is 8.42 Å². The lowest BCUT2D eigenvalue weighted by molar-refractivity contribution is -0.120. The van der Waals surface area contributed by atoms with E-state index in [2.05, 4.69) is 5.32 Å². The third kappa shape index (κ3) is 3.98. The van der Waals surface area contributed by atoms with Crippen LogP contribution in [0, 0.1) is 19.8 Å². The molecule has 1 heterocycles. The molecule has 1 atom stereocenters. The lowest BCUT2D eigenvalue weighted by atomic mass is 9.98. The third-order valence-corrected chi connectivity index (χ3v) is 7.70. The molecule has 1 aliphatic rings. The van der Waals surface area contributed by atoms with Crippen molar-refractivity contribution in [2.45, 2.75) is 31.6 Å². The number of amides is 1. The summed E-state index contributed by atoms with van der Waals surface area (Å²) in [6.07, 6.45) is 1.35. The van der Waals surface area contributed by atoms with E-state index in [0.29, 0.717) is 19.4 Å². The van der Waals surface area contributed by atoms with Crippen LogP contribution in [-0.4, -0.2) is 31.7 Å². The first-order valence-electron chi connectivity index (χ1n) is 10.2. The van der Waals surface area contributed by atoms with Crippen LogP contribution in [0.25, 0.3) is 10.8 Å². The number of hydrogen-bond donors (Lipinski definition) is 1. The number of nitrogens with one attached hydrogen (secondary N) is 1. The van der Waals surface area contributed by atoms with Gasteiger partial charge in [0.1, 0.15) is 0 Å². The van der Waals surface area contributed by atoms with Gasteiger partial charge in [-0.05, 0) is 60.7 Å². The highest BCUT2D eigenvalue weighted by Gasteiger charge is 2.33. The van der Waals surface area contributed by atoms with Crippen LogP contribution in [-0.2, 0) is 14.8 Å². The number of benzene rings is 3. The molecule has 0 radical (unpaired) electrons. The first kappa shape index (κ1) is 20.6. The van der Waals surface area contributed by atoms with E-state index in [-0.39, 0.29) is 23.3 Å². The molecule has 4 rings (SSSR count). The van der Waals surface area contributed by atoms with E-state index in [1.54, 1.807) is 12.1 Å². The molecule has 30 heavy (non-hydrogen) atoms. The normalized spacial score (nSPS) is 17.7. The minimum atomic E-state index is -3.66. The second-order valence-corrected chi connectivity index (χ2v) is 9.91. The van der Waals surface area contributed by atoms with Gasteiger partial charge in [0, 0.05) is 18.8 Å². The summed E-state index contributed by atoms with van der Waals surface area (Å²) in [7, 11) is -3.66. The van der Waals surface area contributed by atoms with Crippen molar-refractivity contribution in [2.24, 2.45) is 5.92 Å². The average Bonchev–Trinajstić information content (AvgIpc) is 2.76. The van der Waals surface area contributed by atoms with Gasteiger partial charge in [-0.3, -0.25) is 4.79 Å². The first-order valence-corrected chi connectivity index (χ1v) is 11.7. The Bertz CT molecular complexity index is 1180. The number of anilines is 1. The highest BCUT2D eigenvalue weighted by molar-refractivity contribution is 7.89. The molecule has 156 valence electrons. The summed E-state index contributed by atoms with van der Waals surface area (Å²) in [4.78, 5) is 13.2. The SMILES string of the molecule is Cc1cccc(C)c1NC(=O)[C@@H]1CCCN(S(=O)(=O)c2ccc3ccccc3c2)C1. The molecule has 0 aromatic heterocycles. The Morgan fingerprint density at radius 1 is 0.967 bits per heavy atom. The maximum absolute atomic E-state index is 13.3. The van der Waals surface area contributed by atoms with Gasteiger partial charge in [0.05, 0.1) is 10.8 Å². The summed E-state index contributed by atoms with van der Waals surface area (Å²) in [6.45, 7) is 4.55. The van der Waals surface area contributed by atoms with Crippen LogP contribution in [0.5, 0.6) is 0 Å². The molecular weight excluding hydrogens is 396 g/mol. The van der Waals surface area contributed by atoms with Crippen molar-refractivity contribution in [1.82, 2.24) is 4.31 Å². The molecule has 0 bridgehead atoms. The number of aryl methyl sites for hydroxylation is 2. The van der Waals surface area contributed by atoms with Gasteiger partial charge in [0.15, 0.2) is 0 Å². The number of carbonyl (C=O) groups is 1. The highest BCUT2D eigenvalue weighted by atomic mass is 32.2. The minimum absolute atomic E-state index is 0.120. The Kier molecular flexibility index (Phi) is 5.62. The topological polar surface area (TPSA) is 66.5 Å². The van der Waals surface area contributed by atoms with Crippen LogP contribution in [0.1, 0.15) is 24.0 Å². The molecule has 6 heteroatoms. The van der Waals surface area contributed by atoms with Gasteiger partial charge in [0.25, 0.3) is 0 Å². The molecule has 3 aromatic carbocycles. The largest absolute Gasteiger partial charge is 0.325 e. The monoisotopic (exact) mass is 422 g/mol. The number of piperidine rings is 1. The quantitative estimate of drug-likeness (QED) is 0.673. The van der Waals surface area contributed by atoms with Crippen LogP contribution in [0.3, 0.4) is 0 Å². The molecule has 0 spiro atoms. The average molecular weight is 423 g/mol. The predicted molar refractivity (Wildman–Crippen MR) is 120 cm³/mol. The molecule has 1 amide bonds. The number of nitrogens with zero attached hydrogens (tertiary/aromatic N) is 1. The maximum atomic E-state index is 13.3. The van der Waals surface area contributed by atoms with Crippen molar-refractivity contribution in [2.75, 3.05) is 18.4 Å². The summed E-state index contributed by atoms with van der Waals surface area (Å²) in [6, 6.07) is 18.8. The Labute approximate surface area is 177 Å². The number of rotatable bonds is 4. The van der Waals surface area contributed by atoms with E-state index in [4.69, 9.17) is 0 Å². The molecular formula is C24H26N2O3S. The summed E-state index contributed by atoms with van der Waals surface area (Å²) < 4.78 is 28.0. The molecule has 0 saturated carbocycles. The maximum Gasteiger partial charge on any atom is 0.243 e. The number of hydrogen-bond acceptors (Lipinski definition) is 3. The molecule has 0 aliphatic carbocycles. The van der Waals surface area contributed by atoms with Crippen molar-refractivity contribution in [3.63, 3.8) is 0 Å². The van der Waals surface area contributed by atoms with Crippen LogP contribution in [0.15, 0.2) is 65.6 Å². The zero-order valence-corrected chi connectivity index (χ0v) is 18.1. The molecule has 0 unspecified atom stereocenters. The van der Waals surface area contributed by atoms with Crippen molar-refractivity contribution in [3.05, 3.63) is 71.8 Å². The summed E-state index contributed by atoms with van der Waals surface area (Å²) in [5.41, 5.74) is 2.82. The fourth-order valence-corrected chi connectivity index (χ4v) is 5.65. The van der Waals surface area contributed by atoms with Crippen LogP contribution in [0.2, 0.25) is 0 Å². The van der Waals surface area contributed by atoms with Crippen LogP contribution in [0.4, 0.5) is 5.69 Å². The number of fused-ring (bicyclic) bond motifs is 1. The van der Waals surface area contributed by atoms with Crippen molar-refractivity contribution in [1.29, 1.82) is 0 Å². The Morgan fingerprint density at radius 2 is 1.67 bits per heavy atom. The fraction of sp³-hybridized carbons (Fsp3) is 0.292. The van der Waals surface area contributed by atoms with Crippen LogP contribution < -0.4 is 5.32 Å². The van der Waals surface area contributed by atoms with E-state index in [1.165, 1.54) is 4.31 Å². The summed E-state index contributed by atoms with van der Waals surface area (Å²) in [5.74, 6) is -0.487. The molecule has 1 N–H and O–H groups in total. The van der Waals surface area contributed by atoms with Gasteiger partial charge < -0.3 is 5.32 Å². The van der Waals surface area contributed by atoms with Gasteiger partial charge in [-0.2, -0.15) is 4.31 Å². The van der Waals surface area contributed by atoms with E-state index >= 15 is 0 Å². The standard InChI is InChI=1S/C24H26N2O3S/c1-17-7-5-8-18(2)23(17)25-24(27)21-11-6-14-26(16-21)30(28,29)22-13-12-19-9-3-4-10-20(19)15-22/h3-5,7-10,12-13,15,21H,6,11,14,16H2,1-2H3,(H,25,27)/t21-/m1/s1. The van der Waals surface area contributed by atoms with Gasteiger partial charge in [-0.1, -0.05) is 48.5 Å². The lowest BCUT2D eigenvalue weighted by Gasteiger charge is -2.31. The Hall–Kier alpha value is -2.70. The Morgan fingerprint density at radius 3 is 2.40 bits per heavy atom. The van der Waals surface area contributed by atoms with Gasteiger partial charge in [0.2, 0.25) is 15.9 Å². The number of para-hydroxylation sites is 1. The summed E-state index contributed by atoms with van der Waals surface area (Å²) >= 11 is 0. The molecule has 1 fully saturated rings. The van der Waals surface area contributed by atoms with Gasteiger partial charge >= 0.3 is 0 Å². The van der Waals surface area contributed by atoms with E-state index in [1.807, 2.05) is 62.4 Å². The molecule has 5 nitrogen and oxygen atoms in total. The van der Waals surface area contributed by atoms with Crippen molar-refractivity contribution >= 4 is 32.4 Å². The number of carbonyl (C=O) groups excluding carboxylic acids is 1. The summed E-state index contributed by atoms with van der Waals surface area (Å²) in [5, 5.41) is 4.91. The second-order valence-electron chi connectivity index (χ2n) is 7.97. The smallest absolute Gasteiger partial charge is 0.243 e. The van der Waals surface area contributed by atoms with Gasteiger partial charge in [-0.15, -0.1) is 0 Å². The fourth-order valence-electron chi connectivity index (χ4n) is 4.09. The van der Waals surface area contributed by atoms with Crippen molar-refractivity contribution < 1.29 is 13.2 Å². The molecule has 1 saturated heterocycles. The predicted octanol–water partition coefficient (Wildman–Crippen LogP) is 4.50.